The lowest BCUT2D eigenvalue weighted by Gasteiger charge is -2.15. The minimum Gasteiger partial charge on any atom is -0.491 e. The van der Waals surface area contributed by atoms with Crippen molar-refractivity contribution in [2.24, 2.45) is 11.7 Å². The van der Waals surface area contributed by atoms with E-state index in [1.807, 2.05) is 18.2 Å². The van der Waals surface area contributed by atoms with Crippen LogP contribution in [0.15, 0.2) is 18.2 Å². The zero-order valence-electron chi connectivity index (χ0n) is 10.0. The highest BCUT2D eigenvalue weighted by Crippen LogP contribution is 2.29. The molecular formula is C13H20ClNO. The molecule has 1 rings (SSSR count). The quantitative estimate of drug-likeness (QED) is 0.830. The third kappa shape index (κ3) is 3.69. The fourth-order valence-corrected chi connectivity index (χ4v) is 1.66. The Morgan fingerprint density at radius 2 is 2.19 bits per heavy atom. The van der Waals surface area contributed by atoms with Crippen molar-refractivity contribution >= 4 is 11.6 Å². The van der Waals surface area contributed by atoms with Crippen LogP contribution in [0.4, 0.5) is 0 Å². The highest BCUT2D eigenvalue weighted by molar-refractivity contribution is 6.32. The molecule has 0 radical (unpaired) electrons. The molecule has 0 aliphatic carbocycles. The first-order valence-electron chi connectivity index (χ1n) is 5.79. The molecule has 2 N–H and O–H groups in total. The molecule has 0 aliphatic rings. The number of ether oxygens (including phenoxy) is 1. The molecule has 1 atom stereocenters. The van der Waals surface area contributed by atoms with Gasteiger partial charge < -0.3 is 10.5 Å². The van der Waals surface area contributed by atoms with Crippen molar-refractivity contribution in [3.8, 4) is 5.75 Å². The fraction of sp³-hybridized carbons (Fsp3) is 0.538. The molecule has 0 aliphatic heterocycles. The molecular weight excluding hydrogens is 222 g/mol. The number of nitrogens with two attached hydrogens (primary N) is 1. The number of rotatable bonds is 6. The van der Waals surface area contributed by atoms with Crippen molar-refractivity contribution in [3.05, 3.63) is 28.8 Å². The topological polar surface area (TPSA) is 35.2 Å². The van der Waals surface area contributed by atoms with Crippen molar-refractivity contribution in [3.63, 3.8) is 0 Å². The molecule has 0 fully saturated rings. The molecule has 0 heterocycles. The van der Waals surface area contributed by atoms with E-state index in [1.165, 1.54) is 0 Å². The van der Waals surface area contributed by atoms with E-state index in [1.54, 1.807) is 0 Å². The van der Waals surface area contributed by atoms with Crippen LogP contribution in [-0.4, -0.2) is 13.2 Å². The Bertz CT molecular complexity index is 328. The van der Waals surface area contributed by atoms with E-state index in [-0.39, 0.29) is 0 Å². The minimum atomic E-state index is 0.544. The SMILES string of the molecule is CCC(C)COc1c(Cl)cccc1CCN. The molecule has 0 saturated carbocycles. The Morgan fingerprint density at radius 3 is 2.81 bits per heavy atom. The van der Waals surface area contributed by atoms with Gasteiger partial charge in [-0.25, -0.2) is 0 Å². The predicted molar refractivity (Wildman–Crippen MR) is 69.2 cm³/mol. The summed E-state index contributed by atoms with van der Waals surface area (Å²) in [6.45, 7) is 5.64. The monoisotopic (exact) mass is 241 g/mol. The maximum absolute atomic E-state index is 6.13. The molecule has 0 saturated heterocycles. The smallest absolute Gasteiger partial charge is 0.141 e. The minimum absolute atomic E-state index is 0.544. The van der Waals surface area contributed by atoms with Gasteiger partial charge in [-0.3, -0.25) is 0 Å². The summed E-state index contributed by atoms with van der Waals surface area (Å²) in [4.78, 5) is 0. The second-order valence-corrected chi connectivity index (χ2v) is 4.50. The summed E-state index contributed by atoms with van der Waals surface area (Å²) in [7, 11) is 0. The van der Waals surface area contributed by atoms with Crippen LogP contribution in [0.2, 0.25) is 5.02 Å². The van der Waals surface area contributed by atoms with Crippen molar-refractivity contribution in [2.75, 3.05) is 13.2 Å². The maximum Gasteiger partial charge on any atom is 0.141 e. The van der Waals surface area contributed by atoms with E-state index in [4.69, 9.17) is 22.1 Å². The Balaban J connectivity index is 2.75. The summed E-state index contributed by atoms with van der Waals surface area (Å²) >= 11 is 6.13. The molecule has 2 nitrogen and oxygen atoms in total. The van der Waals surface area contributed by atoms with Gasteiger partial charge in [0.1, 0.15) is 5.75 Å². The van der Waals surface area contributed by atoms with E-state index in [9.17, 15) is 0 Å². The maximum atomic E-state index is 6.13. The summed E-state index contributed by atoms with van der Waals surface area (Å²) in [5.41, 5.74) is 6.66. The van der Waals surface area contributed by atoms with Gasteiger partial charge in [-0.15, -0.1) is 0 Å². The largest absolute Gasteiger partial charge is 0.491 e. The first-order chi connectivity index (χ1) is 7.69. The lowest BCUT2D eigenvalue weighted by atomic mass is 10.1. The van der Waals surface area contributed by atoms with E-state index < -0.39 is 0 Å². The molecule has 0 amide bonds. The van der Waals surface area contributed by atoms with Crippen LogP contribution in [0, 0.1) is 5.92 Å². The lowest BCUT2D eigenvalue weighted by molar-refractivity contribution is 0.254. The van der Waals surface area contributed by atoms with Crippen LogP contribution in [0.25, 0.3) is 0 Å². The van der Waals surface area contributed by atoms with Gasteiger partial charge in [0.15, 0.2) is 0 Å². The van der Waals surface area contributed by atoms with E-state index in [0.29, 0.717) is 24.1 Å². The van der Waals surface area contributed by atoms with Crippen LogP contribution in [0.5, 0.6) is 5.75 Å². The standard InChI is InChI=1S/C13H20ClNO/c1-3-10(2)9-16-13-11(7-8-15)5-4-6-12(13)14/h4-6,10H,3,7-9,15H2,1-2H3. The zero-order chi connectivity index (χ0) is 12.0. The molecule has 1 unspecified atom stereocenters. The first kappa shape index (κ1) is 13.3. The summed E-state index contributed by atoms with van der Waals surface area (Å²) in [5.74, 6) is 1.34. The highest BCUT2D eigenvalue weighted by Gasteiger charge is 2.09. The van der Waals surface area contributed by atoms with Gasteiger partial charge in [0.05, 0.1) is 11.6 Å². The summed E-state index contributed by atoms with van der Waals surface area (Å²) in [5, 5.41) is 0.675. The van der Waals surface area contributed by atoms with Crippen molar-refractivity contribution in [1.29, 1.82) is 0 Å². The number of para-hydroxylation sites is 1. The Hall–Kier alpha value is -0.730. The van der Waals surface area contributed by atoms with E-state index >= 15 is 0 Å². The first-order valence-corrected chi connectivity index (χ1v) is 6.17. The number of benzene rings is 1. The molecule has 1 aromatic carbocycles. The summed E-state index contributed by atoms with van der Waals surface area (Å²) in [6.07, 6.45) is 1.91. The second-order valence-electron chi connectivity index (χ2n) is 4.09. The van der Waals surface area contributed by atoms with E-state index in [0.717, 1.165) is 24.2 Å². The normalized spacial score (nSPS) is 12.5. The number of hydrogen-bond acceptors (Lipinski definition) is 2. The van der Waals surface area contributed by atoms with Gasteiger partial charge in [0.25, 0.3) is 0 Å². The van der Waals surface area contributed by atoms with E-state index in [2.05, 4.69) is 13.8 Å². The molecule has 0 aromatic heterocycles. The average Bonchev–Trinajstić information content (AvgIpc) is 2.28. The molecule has 16 heavy (non-hydrogen) atoms. The van der Waals surface area contributed by atoms with Gasteiger partial charge in [-0.05, 0) is 30.5 Å². The molecule has 3 heteroatoms. The molecule has 90 valence electrons. The van der Waals surface area contributed by atoms with Crippen LogP contribution in [0.1, 0.15) is 25.8 Å². The summed E-state index contributed by atoms with van der Waals surface area (Å²) in [6, 6.07) is 5.81. The molecule has 1 aromatic rings. The number of hydrogen-bond donors (Lipinski definition) is 1. The van der Waals surface area contributed by atoms with Crippen molar-refractivity contribution in [1.82, 2.24) is 0 Å². The lowest BCUT2D eigenvalue weighted by Crippen LogP contribution is -2.10. The predicted octanol–water partition coefficient (Wildman–Crippen LogP) is 3.27. The number of halogens is 1. The second kappa shape index (κ2) is 6.77. The van der Waals surface area contributed by atoms with Gasteiger partial charge in [-0.2, -0.15) is 0 Å². The Labute approximate surface area is 103 Å². The summed E-state index contributed by atoms with van der Waals surface area (Å²) < 4.78 is 5.79. The van der Waals surface area contributed by atoms with Gasteiger partial charge in [0, 0.05) is 0 Å². The van der Waals surface area contributed by atoms with Crippen molar-refractivity contribution < 1.29 is 4.74 Å². The third-order valence-corrected chi connectivity index (χ3v) is 2.97. The van der Waals surface area contributed by atoms with Crippen molar-refractivity contribution in [2.45, 2.75) is 26.7 Å². The van der Waals surface area contributed by atoms with Gasteiger partial charge >= 0.3 is 0 Å². The van der Waals surface area contributed by atoms with Gasteiger partial charge in [0.2, 0.25) is 0 Å². The fourth-order valence-electron chi connectivity index (χ4n) is 1.41. The van der Waals surface area contributed by atoms with Crippen LogP contribution < -0.4 is 10.5 Å². The van der Waals surface area contributed by atoms with Crippen LogP contribution in [0.3, 0.4) is 0 Å². The average molecular weight is 242 g/mol. The molecule has 0 bridgehead atoms. The highest BCUT2D eigenvalue weighted by atomic mass is 35.5. The van der Waals surface area contributed by atoms with Crippen LogP contribution >= 0.6 is 11.6 Å². The van der Waals surface area contributed by atoms with Gasteiger partial charge in [-0.1, -0.05) is 44.0 Å². The zero-order valence-corrected chi connectivity index (χ0v) is 10.8. The Morgan fingerprint density at radius 1 is 1.44 bits per heavy atom. The van der Waals surface area contributed by atoms with Crippen LogP contribution in [-0.2, 0) is 6.42 Å². The third-order valence-electron chi connectivity index (χ3n) is 2.67. The Kier molecular flexibility index (Phi) is 5.64. The molecule has 0 spiro atoms.